The van der Waals surface area contributed by atoms with Gasteiger partial charge in [-0.05, 0) is 53.3 Å². The minimum absolute atomic E-state index is 0.765. The van der Waals surface area contributed by atoms with Gasteiger partial charge in [0.25, 0.3) is 0 Å². The second-order valence-electron chi connectivity index (χ2n) is 6.93. The highest BCUT2D eigenvalue weighted by atomic mass is 35.5. The number of methoxy groups -OCH3 is 1. The van der Waals surface area contributed by atoms with Crippen LogP contribution in [0.15, 0.2) is 66.7 Å². The van der Waals surface area contributed by atoms with Gasteiger partial charge in [0.2, 0.25) is 0 Å². The van der Waals surface area contributed by atoms with E-state index in [1.807, 2.05) is 24.3 Å². The number of rotatable bonds is 8. The first-order valence-electron chi connectivity index (χ1n) is 9.74. The molecule has 0 saturated heterocycles. The summed E-state index contributed by atoms with van der Waals surface area (Å²) in [5, 5.41) is 0.765. The van der Waals surface area contributed by atoms with Crippen molar-refractivity contribution in [2.45, 2.75) is 39.0 Å². The average molecular weight is 379 g/mol. The molecule has 0 spiro atoms. The highest BCUT2D eigenvalue weighted by Gasteiger charge is 2.07. The lowest BCUT2D eigenvalue weighted by molar-refractivity contribution is 0.415. The average Bonchev–Trinajstić information content (AvgIpc) is 2.72. The van der Waals surface area contributed by atoms with E-state index < -0.39 is 0 Å². The largest absolute Gasteiger partial charge is 0.497 e. The first-order chi connectivity index (χ1) is 13.2. The van der Waals surface area contributed by atoms with E-state index in [2.05, 4.69) is 49.4 Å². The smallest absolute Gasteiger partial charge is 0.118 e. The third-order valence-electron chi connectivity index (χ3n) is 4.98. The second kappa shape index (κ2) is 9.62. The van der Waals surface area contributed by atoms with Crippen LogP contribution < -0.4 is 4.74 Å². The molecule has 0 aliphatic carbocycles. The molecule has 0 amide bonds. The fraction of sp³-hybridized carbons (Fsp3) is 0.280. The van der Waals surface area contributed by atoms with Crippen LogP contribution in [0.3, 0.4) is 0 Å². The molecule has 3 aromatic carbocycles. The number of ether oxygens (including phenoxy) is 1. The van der Waals surface area contributed by atoms with Crippen LogP contribution in [0.25, 0.3) is 22.3 Å². The van der Waals surface area contributed by atoms with Crippen LogP contribution in [0, 0.1) is 0 Å². The number of halogens is 1. The van der Waals surface area contributed by atoms with E-state index in [4.69, 9.17) is 16.3 Å². The van der Waals surface area contributed by atoms with E-state index in [0.717, 1.165) is 33.9 Å². The van der Waals surface area contributed by atoms with E-state index in [-0.39, 0.29) is 0 Å². The molecule has 3 rings (SSSR count). The molecule has 0 N–H and O–H groups in total. The Kier molecular flexibility index (Phi) is 6.95. The molecule has 27 heavy (non-hydrogen) atoms. The molecule has 140 valence electrons. The van der Waals surface area contributed by atoms with Crippen LogP contribution in [-0.4, -0.2) is 7.11 Å². The lowest BCUT2D eigenvalue weighted by atomic mass is 9.98. The topological polar surface area (TPSA) is 9.23 Å². The standard InChI is InChI=1S/C25H27ClO/c1-3-4-5-6-7-19-8-10-20(11-9-19)22-14-17-24(25(26)18-22)21-12-15-23(27-2)16-13-21/h8-18H,3-7H2,1-2H3. The van der Waals surface area contributed by atoms with Gasteiger partial charge in [0.1, 0.15) is 5.75 Å². The van der Waals surface area contributed by atoms with Gasteiger partial charge in [-0.15, -0.1) is 0 Å². The van der Waals surface area contributed by atoms with Gasteiger partial charge in [0, 0.05) is 10.6 Å². The zero-order valence-corrected chi connectivity index (χ0v) is 16.9. The van der Waals surface area contributed by atoms with Gasteiger partial charge < -0.3 is 4.74 Å². The molecule has 0 aliphatic rings. The van der Waals surface area contributed by atoms with Crippen LogP contribution in [0.5, 0.6) is 5.75 Å². The Morgan fingerprint density at radius 1 is 0.741 bits per heavy atom. The summed E-state index contributed by atoms with van der Waals surface area (Å²) in [4.78, 5) is 0. The van der Waals surface area contributed by atoms with Crippen molar-refractivity contribution < 1.29 is 4.74 Å². The van der Waals surface area contributed by atoms with Crippen molar-refractivity contribution in [3.63, 3.8) is 0 Å². The lowest BCUT2D eigenvalue weighted by Gasteiger charge is -2.09. The number of benzene rings is 3. The molecular formula is C25H27ClO. The molecule has 0 radical (unpaired) electrons. The summed E-state index contributed by atoms with van der Waals surface area (Å²) in [5.41, 5.74) is 5.89. The van der Waals surface area contributed by atoms with Gasteiger partial charge in [-0.1, -0.05) is 86.3 Å². The van der Waals surface area contributed by atoms with Crippen molar-refractivity contribution in [2.24, 2.45) is 0 Å². The Morgan fingerprint density at radius 2 is 1.41 bits per heavy atom. The lowest BCUT2D eigenvalue weighted by Crippen LogP contribution is -1.87. The maximum absolute atomic E-state index is 6.59. The summed E-state index contributed by atoms with van der Waals surface area (Å²) in [5.74, 6) is 0.848. The Labute approximate surface area is 168 Å². The number of hydrogen-bond acceptors (Lipinski definition) is 1. The van der Waals surface area contributed by atoms with Crippen molar-refractivity contribution in [1.29, 1.82) is 0 Å². The molecule has 0 atom stereocenters. The fourth-order valence-corrected chi connectivity index (χ4v) is 3.61. The van der Waals surface area contributed by atoms with Crippen molar-refractivity contribution in [3.05, 3.63) is 77.3 Å². The van der Waals surface area contributed by atoms with Crippen molar-refractivity contribution in [2.75, 3.05) is 7.11 Å². The third-order valence-corrected chi connectivity index (χ3v) is 5.29. The Bertz CT molecular complexity index is 850. The second-order valence-corrected chi connectivity index (χ2v) is 7.34. The van der Waals surface area contributed by atoms with Crippen molar-refractivity contribution in [3.8, 4) is 28.0 Å². The molecule has 3 aromatic rings. The van der Waals surface area contributed by atoms with Gasteiger partial charge in [0.15, 0.2) is 0 Å². The van der Waals surface area contributed by atoms with E-state index in [9.17, 15) is 0 Å². The molecule has 0 unspecified atom stereocenters. The minimum atomic E-state index is 0.765. The summed E-state index contributed by atoms with van der Waals surface area (Å²) in [6.07, 6.45) is 6.37. The Hall–Kier alpha value is -2.25. The van der Waals surface area contributed by atoms with E-state index >= 15 is 0 Å². The molecule has 0 aromatic heterocycles. The summed E-state index contributed by atoms with van der Waals surface area (Å²) in [6, 6.07) is 23.2. The van der Waals surface area contributed by atoms with Crippen molar-refractivity contribution in [1.82, 2.24) is 0 Å². The minimum Gasteiger partial charge on any atom is -0.497 e. The molecule has 0 fully saturated rings. The van der Waals surface area contributed by atoms with Crippen molar-refractivity contribution >= 4 is 11.6 Å². The molecule has 0 heterocycles. The van der Waals surface area contributed by atoms with Gasteiger partial charge in [0.05, 0.1) is 7.11 Å². The van der Waals surface area contributed by atoms with E-state index in [1.54, 1.807) is 7.11 Å². The third kappa shape index (κ3) is 5.14. The van der Waals surface area contributed by atoms with Crippen LogP contribution in [0.1, 0.15) is 38.2 Å². The zero-order valence-electron chi connectivity index (χ0n) is 16.2. The molecule has 2 heteroatoms. The van der Waals surface area contributed by atoms with Crippen LogP contribution in [-0.2, 0) is 6.42 Å². The molecule has 0 aliphatic heterocycles. The van der Waals surface area contributed by atoms with Gasteiger partial charge in [-0.25, -0.2) is 0 Å². The first-order valence-corrected chi connectivity index (χ1v) is 10.1. The quantitative estimate of drug-likeness (QED) is 0.363. The Morgan fingerprint density at radius 3 is 2.04 bits per heavy atom. The summed E-state index contributed by atoms with van der Waals surface area (Å²) < 4.78 is 5.23. The highest BCUT2D eigenvalue weighted by molar-refractivity contribution is 6.33. The maximum atomic E-state index is 6.59. The molecular weight excluding hydrogens is 352 g/mol. The summed E-state index contributed by atoms with van der Waals surface area (Å²) in [7, 11) is 1.67. The predicted octanol–water partition coefficient (Wildman–Crippen LogP) is 7.81. The monoisotopic (exact) mass is 378 g/mol. The van der Waals surface area contributed by atoms with Crippen LogP contribution in [0.2, 0.25) is 5.02 Å². The number of aryl methyl sites for hydroxylation is 1. The normalized spacial score (nSPS) is 10.8. The molecule has 0 bridgehead atoms. The van der Waals surface area contributed by atoms with Gasteiger partial charge in [-0.2, -0.15) is 0 Å². The summed E-state index contributed by atoms with van der Waals surface area (Å²) >= 11 is 6.59. The number of unbranched alkanes of at least 4 members (excludes halogenated alkanes) is 3. The van der Waals surface area contributed by atoms with Gasteiger partial charge >= 0.3 is 0 Å². The maximum Gasteiger partial charge on any atom is 0.118 e. The van der Waals surface area contributed by atoms with Crippen LogP contribution in [0.4, 0.5) is 0 Å². The Balaban J connectivity index is 1.72. The van der Waals surface area contributed by atoms with Crippen LogP contribution >= 0.6 is 11.6 Å². The predicted molar refractivity (Wildman–Crippen MR) is 117 cm³/mol. The first kappa shape index (κ1) is 19.5. The van der Waals surface area contributed by atoms with E-state index in [0.29, 0.717) is 0 Å². The zero-order chi connectivity index (χ0) is 19.1. The SMILES string of the molecule is CCCCCCc1ccc(-c2ccc(-c3ccc(OC)cc3)c(Cl)c2)cc1. The summed E-state index contributed by atoms with van der Waals surface area (Å²) in [6.45, 7) is 2.25. The van der Waals surface area contributed by atoms with Gasteiger partial charge in [-0.3, -0.25) is 0 Å². The number of hydrogen-bond donors (Lipinski definition) is 0. The molecule has 0 saturated carbocycles. The fourth-order valence-electron chi connectivity index (χ4n) is 3.32. The highest BCUT2D eigenvalue weighted by Crippen LogP contribution is 2.33. The molecule has 1 nitrogen and oxygen atoms in total. The van der Waals surface area contributed by atoms with E-state index in [1.165, 1.54) is 36.8 Å².